The highest BCUT2D eigenvalue weighted by Crippen LogP contribution is 2.30. The summed E-state index contributed by atoms with van der Waals surface area (Å²) in [7, 11) is 0. The Balaban J connectivity index is 2.21. The van der Waals surface area contributed by atoms with Gasteiger partial charge in [-0.1, -0.05) is 13.0 Å². The molecule has 6 nitrogen and oxygen atoms in total. The topological polar surface area (TPSA) is 67.2 Å². The minimum Gasteiger partial charge on any atom is -0.348 e. The molecule has 0 aliphatic heterocycles. The van der Waals surface area contributed by atoms with Gasteiger partial charge >= 0.3 is 6.18 Å². The Hall–Kier alpha value is -2.68. The van der Waals surface area contributed by atoms with Crippen LogP contribution in [0.15, 0.2) is 24.3 Å². The van der Waals surface area contributed by atoms with Crippen LogP contribution in [0.5, 0.6) is 0 Å². The van der Waals surface area contributed by atoms with Gasteiger partial charge in [0, 0.05) is 19.1 Å². The Morgan fingerprint density at radius 3 is 2.47 bits per heavy atom. The summed E-state index contributed by atoms with van der Waals surface area (Å²) in [6.45, 7) is 11.0. The second-order valence-electron chi connectivity index (χ2n) is 7.31. The van der Waals surface area contributed by atoms with E-state index < -0.39 is 23.4 Å². The number of hydrogen-bond donors (Lipinski definition) is 1. The van der Waals surface area contributed by atoms with E-state index in [1.165, 1.54) is 16.8 Å². The first-order chi connectivity index (χ1) is 14.0. The first-order valence-corrected chi connectivity index (χ1v) is 9.77. The van der Waals surface area contributed by atoms with Crippen LogP contribution < -0.4 is 5.32 Å². The van der Waals surface area contributed by atoms with Gasteiger partial charge in [-0.2, -0.15) is 18.3 Å². The summed E-state index contributed by atoms with van der Waals surface area (Å²) in [6, 6.07) is 4.98. The predicted octanol–water partition coefficient (Wildman–Crippen LogP) is 3.54. The molecule has 0 aliphatic rings. The second-order valence-corrected chi connectivity index (χ2v) is 7.31. The van der Waals surface area contributed by atoms with Crippen LogP contribution >= 0.6 is 0 Å². The number of nitrogens with one attached hydrogen (secondary N) is 1. The van der Waals surface area contributed by atoms with Gasteiger partial charge in [0.05, 0.1) is 28.2 Å². The Bertz CT molecular complexity index is 919. The minimum atomic E-state index is -4.49. The van der Waals surface area contributed by atoms with Crippen molar-refractivity contribution in [3.8, 4) is 5.69 Å². The summed E-state index contributed by atoms with van der Waals surface area (Å²) >= 11 is 0. The third kappa shape index (κ3) is 5.27. The second kappa shape index (κ2) is 9.42. The largest absolute Gasteiger partial charge is 0.416 e. The Morgan fingerprint density at radius 1 is 1.23 bits per heavy atom. The lowest BCUT2D eigenvalue weighted by molar-refractivity contribution is -0.137. The van der Waals surface area contributed by atoms with Crippen molar-refractivity contribution in [2.75, 3.05) is 19.6 Å². The zero-order valence-electron chi connectivity index (χ0n) is 17.8. The molecule has 0 fully saturated rings. The van der Waals surface area contributed by atoms with Crippen LogP contribution in [0.1, 0.15) is 48.1 Å². The summed E-state index contributed by atoms with van der Waals surface area (Å²) in [5.41, 5.74) is 0.0390. The lowest BCUT2D eigenvalue weighted by atomic mass is 10.1. The average Bonchev–Trinajstić information content (AvgIpc) is 2.97. The maximum atomic E-state index is 13.0. The number of likely N-dealkylation sites (N-methyl/N-ethyl adjacent to an activating group) is 1. The molecule has 0 saturated carbocycles. The number of benzene rings is 1. The molecule has 0 bridgehead atoms. The van der Waals surface area contributed by atoms with Crippen LogP contribution in [-0.2, 0) is 11.0 Å². The number of Topliss-reactive ketones (excluding diaryl/α,β-unsaturated/α-hetero) is 1. The van der Waals surface area contributed by atoms with Gasteiger partial charge in [-0.15, -0.1) is 0 Å². The molecule has 1 heterocycles. The fourth-order valence-electron chi connectivity index (χ4n) is 3.32. The smallest absolute Gasteiger partial charge is 0.348 e. The monoisotopic (exact) mass is 424 g/mol. The van der Waals surface area contributed by atoms with E-state index >= 15 is 0 Å². The van der Waals surface area contributed by atoms with Crippen molar-refractivity contribution in [2.24, 2.45) is 0 Å². The van der Waals surface area contributed by atoms with Crippen molar-refractivity contribution < 1.29 is 22.8 Å². The molecular formula is C21H27F3N4O2. The van der Waals surface area contributed by atoms with Crippen LogP contribution in [0.25, 0.3) is 5.69 Å². The van der Waals surface area contributed by atoms with Gasteiger partial charge in [-0.3, -0.25) is 14.5 Å². The number of rotatable bonds is 8. The Kier molecular flexibility index (Phi) is 7.41. The van der Waals surface area contributed by atoms with Crippen LogP contribution in [0.3, 0.4) is 0 Å². The van der Waals surface area contributed by atoms with E-state index in [1.54, 1.807) is 13.8 Å². The van der Waals surface area contributed by atoms with Crippen LogP contribution in [0.2, 0.25) is 0 Å². The fourth-order valence-corrected chi connectivity index (χ4v) is 3.32. The van der Waals surface area contributed by atoms with Gasteiger partial charge in [0.1, 0.15) is 0 Å². The Morgan fingerprint density at radius 2 is 1.90 bits per heavy atom. The van der Waals surface area contributed by atoms with E-state index in [0.717, 1.165) is 18.7 Å². The lowest BCUT2D eigenvalue weighted by Crippen LogP contribution is -2.40. The van der Waals surface area contributed by atoms with Gasteiger partial charge < -0.3 is 5.32 Å². The van der Waals surface area contributed by atoms with Gasteiger partial charge in [-0.25, -0.2) is 4.68 Å². The SMILES string of the molecule is CCN(CCNC(=O)C(=O)c1c(C)nn(-c2cccc(C(F)(F)F)c2)c1C)C(C)C. The molecule has 0 saturated heterocycles. The third-order valence-electron chi connectivity index (χ3n) is 4.96. The molecule has 1 amide bonds. The molecule has 0 unspecified atom stereocenters. The number of ketones is 1. The van der Waals surface area contributed by atoms with Crippen molar-refractivity contribution in [2.45, 2.75) is 46.8 Å². The molecule has 1 aromatic heterocycles. The number of carbonyl (C=O) groups excluding carboxylic acids is 2. The zero-order valence-corrected chi connectivity index (χ0v) is 17.8. The first kappa shape index (κ1) is 23.6. The number of aromatic nitrogens is 2. The first-order valence-electron chi connectivity index (χ1n) is 9.77. The third-order valence-corrected chi connectivity index (χ3v) is 4.96. The van der Waals surface area contributed by atoms with Gasteiger partial charge in [0.25, 0.3) is 11.7 Å². The van der Waals surface area contributed by atoms with E-state index in [9.17, 15) is 22.8 Å². The molecule has 30 heavy (non-hydrogen) atoms. The number of aryl methyl sites for hydroxylation is 1. The van der Waals surface area contributed by atoms with Crippen molar-refractivity contribution >= 4 is 11.7 Å². The normalized spacial score (nSPS) is 11.9. The van der Waals surface area contributed by atoms with E-state index in [-0.39, 0.29) is 16.9 Å². The van der Waals surface area contributed by atoms with Crippen LogP contribution in [0.4, 0.5) is 13.2 Å². The maximum Gasteiger partial charge on any atom is 0.416 e. The van der Waals surface area contributed by atoms with Gasteiger partial charge in [0.15, 0.2) is 0 Å². The van der Waals surface area contributed by atoms with E-state index in [0.29, 0.717) is 24.8 Å². The van der Waals surface area contributed by atoms with Crippen molar-refractivity contribution in [1.29, 1.82) is 0 Å². The van der Waals surface area contributed by atoms with Crippen LogP contribution in [-0.4, -0.2) is 52.0 Å². The number of halogens is 3. The highest BCUT2D eigenvalue weighted by atomic mass is 19.4. The van der Waals surface area contributed by atoms with Crippen molar-refractivity contribution in [3.63, 3.8) is 0 Å². The van der Waals surface area contributed by atoms with Gasteiger partial charge in [0.2, 0.25) is 0 Å². The number of hydrogen-bond acceptors (Lipinski definition) is 4. The predicted molar refractivity (Wildman–Crippen MR) is 108 cm³/mol. The molecule has 164 valence electrons. The molecule has 2 rings (SSSR count). The quantitative estimate of drug-likeness (QED) is 0.520. The van der Waals surface area contributed by atoms with E-state index in [1.807, 2.05) is 20.8 Å². The number of nitrogens with zero attached hydrogens (tertiary/aromatic N) is 3. The number of amides is 1. The highest BCUT2D eigenvalue weighted by molar-refractivity contribution is 6.43. The standard InChI is InChI=1S/C21H27F3N4O2/c1-6-27(13(2)3)11-10-25-20(30)19(29)18-14(4)26-28(15(18)5)17-9-7-8-16(12-17)21(22,23)24/h7-9,12-13H,6,10-11H2,1-5H3,(H,25,30). The number of alkyl halides is 3. The summed E-state index contributed by atoms with van der Waals surface area (Å²) in [6.07, 6.45) is -4.49. The molecule has 9 heteroatoms. The molecule has 0 aliphatic carbocycles. The summed E-state index contributed by atoms with van der Waals surface area (Å²) < 4.78 is 40.3. The number of carbonyl (C=O) groups is 2. The molecule has 2 aromatic rings. The van der Waals surface area contributed by atoms with Gasteiger partial charge in [-0.05, 0) is 52.4 Å². The summed E-state index contributed by atoms with van der Waals surface area (Å²) in [5, 5.41) is 6.81. The molecule has 0 radical (unpaired) electrons. The van der Waals surface area contributed by atoms with Crippen LogP contribution in [0, 0.1) is 13.8 Å². The highest BCUT2D eigenvalue weighted by Gasteiger charge is 2.31. The summed E-state index contributed by atoms with van der Waals surface area (Å²) in [4.78, 5) is 27.2. The molecule has 0 atom stereocenters. The average molecular weight is 424 g/mol. The van der Waals surface area contributed by atoms with Crippen molar-refractivity contribution in [1.82, 2.24) is 20.0 Å². The molecule has 1 N–H and O–H groups in total. The molecular weight excluding hydrogens is 397 g/mol. The maximum absolute atomic E-state index is 13.0. The van der Waals surface area contributed by atoms with E-state index in [4.69, 9.17) is 0 Å². The Labute approximate surface area is 174 Å². The zero-order chi connectivity index (χ0) is 22.6. The molecule has 1 aromatic carbocycles. The fraction of sp³-hybridized carbons (Fsp3) is 0.476. The summed E-state index contributed by atoms with van der Waals surface area (Å²) in [5.74, 6) is -1.51. The minimum absolute atomic E-state index is 0.0983. The molecule has 0 spiro atoms. The van der Waals surface area contributed by atoms with Crippen molar-refractivity contribution in [3.05, 3.63) is 46.8 Å². The van der Waals surface area contributed by atoms with E-state index in [2.05, 4.69) is 15.3 Å². The lowest BCUT2D eigenvalue weighted by Gasteiger charge is -2.24.